The van der Waals surface area contributed by atoms with E-state index in [2.05, 4.69) is 60.0 Å². The highest BCUT2D eigenvalue weighted by Gasteiger charge is 2.39. The molecule has 2 aliphatic rings. The van der Waals surface area contributed by atoms with Crippen molar-refractivity contribution >= 4 is 11.6 Å². The number of fused-ring (bicyclic) bond motifs is 1. The summed E-state index contributed by atoms with van der Waals surface area (Å²) < 4.78 is 0. The largest absolute Gasteiger partial charge is 0.309 e. The second kappa shape index (κ2) is 7.64. The molecular formula is C23H30N4O. The molecule has 28 heavy (non-hydrogen) atoms. The minimum Gasteiger partial charge on any atom is -0.309 e. The predicted molar refractivity (Wildman–Crippen MR) is 113 cm³/mol. The van der Waals surface area contributed by atoms with Gasteiger partial charge in [0.2, 0.25) is 5.91 Å². The predicted octanol–water partition coefficient (Wildman–Crippen LogP) is 2.83. The molecule has 0 saturated carbocycles. The third-order valence-electron chi connectivity index (χ3n) is 5.87. The van der Waals surface area contributed by atoms with Crippen LogP contribution in [0.4, 0.5) is 5.69 Å². The number of carbonyl (C=O) groups is 1. The van der Waals surface area contributed by atoms with E-state index in [4.69, 9.17) is 4.98 Å². The SMILES string of the molecule is Cc1ccc2c(n1)C(C)(C)CN2C(=O)CN1CCN(Cc2ccccc2)CC1. The molecule has 0 bridgehead atoms. The van der Waals surface area contributed by atoms with Crippen LogP contribution in [0.25, 0.3) is 0 Å². The number of hydrogen-bond donors (Lipinski definition) is 0. The molecule has 1 fully saturated rings. The Balaban J connectivity index is 1.34. The van der Waals surface area contributed by atoms with Crippen LogP contribution in [0.1, 0.15) is 30.8 Å². The minimum atomic E-state index is -0.0919. The highest BCUT2D eigenvalue weighted by Crippen LogP contribution is 2.39. The summed E-state index contributed by atoms with van der Waals surface area (Å²) in [5.74, 6) is 0.189. The second-order valence-corrected chi connectivity index (χ2v) is 8.72. The smallest absolute Gasteiger partial charge is 0.241 e. The number of aryl methyl sites for hydroxylation is 1. The Morgan fingerprint density at radius 2 is 1.68 bits per heavy atom. The van der Waals surface area contributed by atoms with Gasteiger partial charge in [0.15, 0.2) is 0 Å². The summed E-state index contributed by atoms with van der Waals surface area (Å²) in [7, 11) is 0. The Labute approximate surface area is 168 Å². The third-order valence-corrected chi connectivity index (χ3v) is 5.87. The van der Waals surface area contributed by atoms with Crippen LogP contribution in [-0.4, -0.2) is 60.0 Å². The molecule has 1 aromatic carbocycles. The number of benzene rings is 1. The van der Waals surface area contributed by atoms with Gasteiger partial charge in [-0.3, -0.25) is 19.6 Å². The molecule has 0 spiro atoms. The highest BCUT2D eigenvalue weighted by atomic mass is 16.2. The summed E-state index contributed by atoms with van der Waals surface area (Å²) in [5.41, 5.74) is 4.31. The van der Waals surface area contributed by atoms with Crippen molar-refractivity contribution in [2.24, 2.45) is 0 Å². The van der Waals surface area contributed by atoms with Crippen molar-refractivity contribution in [1.29, 1.82) is 0 Å². The summed E-state index contributed by atoms with van der Waals surface area (Å²) in [6.07, 6.45) is 0. The van der Waals surface area contributed by atoms with Gasteiger partial charge in [-0.2, -0.15) is 0 Å². The number of carbonyl (C=O) groups excluding carboxylic acids is 1. The van der Waals surface area contributed by atoms with Crippen LogP contribution < -0.4 is 4.90 Å². The molecule has 1 amide bonds. The number of hydrogen-bond acceptors (Lipinski definition) is 4. The Morgan fingerprint density at radius 3 is 2.39 bits per heavy atom. The summed E-state index contributed by atoms with van der Waals surface area (Å²) >= 11 is 0. The van der Waals surface area contributed by atoms with Gasteiger partial charge >= 0.3 is 0 Å². The Hall–Kier alpha value is -2.24. The number of rotatable bonds is 4. The van der Waals surface area contributed by atoms with E-state index < -0.39 is 0 Å². The van der Waals surface area contributed by atoms with Gasteiger partial charge in [0.1, 0.15) is 0 Å². The van der Waals surface area contributed by atoms with Crippen LogP contribution in [-0.2, 0) is 16.8 Å². The molecule has 1 aromatic heterocycles. The van der Waals surface area contributed by atoms with Crippen molar-refractivity contribution in [3.05, 3.63) is 59.4 Å². The Bertz CT molecular complexity index is 841. The van der Waals surface area contributed by atoms with Gasteiger partial charge in [-0.05, 0) is 24.6 Å². The maximum Gasteiger partial charge on any atom is 0.241 e. The minimum absolute atomic E-state index is 0.0919. The standard InChI is InChI=1S/C23H30N4O/c1-18-9-10-20-22(24-18)23(2,3)17-27(20)21(28)16-26-13-11-25(12-14-26)15-19-7-5-4-6-8-19/h4-10H,11-17H2,1-3H3. The molecule has 0 unspecified atom stereocenters. The monoisotopic (exact) mass is 378 g/mol. The molecular weight excluding hydrogens is 348 g/mol. The van der Waals surface area contributed by atoms with Gasteiger partial charge in [0.05, 0.1) is 17.9 Å². The van der Waals surface area contributed by atoms with Crippen LogP contribution in [0, 0.1) is 6.92 Å². The molecule has 148 valence electrons. The van der Waals surface area contributed by atoms with Gasteiger partial charge in [0, 0.05) is 50.4 Å². The lowest BCUT2D eigenvalue weighted by Crippen LogP contribution is -2.50. The fourth-order valence-corrected chi connectivity index (χ4v) is 4.27. The van der Waals surface area contributed by atoms with Crippen molar-refractivity contribution in [3.8, 4) is 0 Å². The molecule has 5 nitrogen and oxygen atoms in total. The number of pyridine rings is 1. The number of piperazine rings is 1. The first-order valence-corrected chi connectivity index (χ1v) is 10.2. The van der Waals surface area contributed by atoms with Crippen LogP contribution in [0.15, 0.2) is 42.5 Å². The van der Waals surface area contributed by atoms with Crippen LogP contribution in [0.2, 0.25) is 0 Å². The van der Waals surface area contributed by atoms with Gasteiger partial charge in [-0.1, -0.05) is 44.2 Å². The molecule has 0 atom stereocenters. The van der Waals surface area contributed by atoms with Gasteiger partial charge in [0.25, 0.3) is 0 Å². The Morgan fingerprint density at radius 1 is 1.00 bits per heavy atom. The maximum absolute atomic E-state index is 13.1. The zero-order valence-corrected chi connectivity index (χ0v) is 17.2. The number of anilines is 1. The first kappa shape index (κ1) is 19.1. The summed E-state index contributed by atoms with van der Waals surface area (Å²) in [4.78, 5) is 24.5. The van der Waals surface area contributed by atoms with Crippen molar-refractivity contribution in [2.45, 2.75) is 32.7 Å². The van der Waals surface area contributed by atoms with Crippen molar-refractivity contribution in [2.75, 3.05) is 44.2 Å². The van der Waals surface area contributed by atoms with E-state index in [0.717, 1.165) is 49.8 Å². The average molecular weight is 379 g/mol. The topological polar surface area (TPSA) is 39.7 Å². The summed E-state index contributed by atoms with van der Waals surface area (Å²) in [6.45, 7) is 12.4. The number of amides is 1. The van der Waals surface area contributed by atoms with E-state index in [9.17, 15) is 4.79 Å². The molecule has 4 rings (SSSR count). The first-order chi connectivity index (χ1) is 13.4. The average Bonchev–Trinajstić information content (AvgIpc) is 2.95. The summed E-state index contributed by atoms with van der Waals surface area (Å²) in [5, 5.41) is 0. The van der Waals surface area contributed by atoms with Crippen LogP contribution in [0.5, 0.6) is 0 Å². The van der Waals surface area contributed by atoms with E-state index >= 15 is 0 Å². The zero-order valence-electron chi connectivity index (χ0n) is 17.2. The molecule has 2 aliphatic heterocycles. The van der Waals surface area contributed by atoms with E-state index in [1.165, 1.54) is 5.56 Å². The van der Waals surface area contributed by atoms with Crippen LogP contribution >= 0.6 is 0 Å². The first-order valence-electron chi connectivity index (χ1n) is 10.2. The lowest BCUT2D eigenvalue weighted by atomic mass is 9.91. The molecule has 0 N–H and O–H groups in total. The second-order valence-electron chi connectivity index (χ2n) is 8.72. The van der Waals surface area contributed by atoms with E-state index in [-0.39, 0.29) is 11.3 Å². The van der Waals surface area contributed by atoms with Gasteiger partial charge < -0.3 is 4.90 Å². The van der Waals surface area contributed by atoms with E-state index in [1.807, 2.05) is 17.9 Å². The van der Waals surface area contributed by atoms with E-state index in [1.54, 1.807) is 0 Å². The third kappa shape index (κ3) is 3.96. The van der Waals surface area contributed by atoms with Crippen LogP contribution in [0.3, 0.4) is 0 Å². The molecule has 3 heterocycles. The summed E-state index contributed by atoms with van der Waals surface area (Å²) in [6, 6.07) is 14.7. The zero-order chi connectivity index (χ0) is 19.7. The number of aromatic nitrogens is 1. The lowest BCUT2D eigenvalue weighted by molar-refractivity contribution is -0.120. The van der Waals surface area contributed by atoms with Crippen molar-refractivity contribution in [1.82, 2.24) is 14.8 Å². The molecule has 1 saturated heterocycles. The van der Waals surface area contributed by atoms with Crippen molar-refractivity contribution in [3.63, 3.8) is 0 Å². The quantitative estimate of drug-likeness (QED) is 0.820. The van der Waals surface area contributed by atoms with Crippen molar-refractivity contribution < 1.29 is 4.79 Å². The number of nitrogens with zero attached hydrogens (tertiary/aromatic N) is 4. The Kier molecular flexibility index (Phi) is 5.21. The van der Waals surface area contributed by atoms with Gasteiger partial charge in [-0.25, -0.2) is 0 Å². The maximum atomic E-state index is 13.1. The fourth-order valence-electron chi connectivity index (χ4n) is 4.27. The van der Waals surface area contributed by atoms with Gasteiger partial charge in [-0.15, -0.1) is 0 Å². The fraction of sp³-hybridized carbons (Fsp3) is 0.478. The molecule has 0 aliphatic carbocycles. The molecule has 2 aromatic rings. The molecule has 5 heteroatoms. The highest BCUT2D eigenvalue weighted by molar-refractivity contribution is 5.97. The lowest BCUT2D eigenvalue weighted by Gasteiger charge is -2.35. The van der Waals surface area contributed by atoms with E-state index in [0.29, 0.717) is 13.1 Å². The normalized spacial score (nSPS) is 19.6. The molecule has 0 radical (unpaired) electrons.